The summed E-state index contributed by atoms with van der Waals surface area (Å²) in [4.78, 5) is 0. The summed E-state index contributed by atoms with van der Waals surface area (Å²) in [6, 6.07) is 25.2. The Kier molecular flexibility index (Phi) is 6.33. The molecule has 35 heavy (non-hydrogen) atoms. The van der Waals surface area contributed by atoms with E-state index in [9.17, 15) is 0 Å². The van der Waals surface area contributed by atoms with Gasteiger partial charge in [0.05, 0.1) is 30.2 Å². The topological polar surface area (TPSA) is 59.7 Å². The second-order valence-corrected chi connectivity index (χ2v) is 9.21. The molecular formula is C28H28N6S. The molecule has 7 heteroatoms. The number of nitrogens with zero attached hydrogens (tertiary/aromatic N) is 4. The zero-order valence-corrected chi connectivity index (χ0v) is 20.9. The van der Waals surface area contributed by atoms with Gasteiger partial charge >= 0.3 is 0 Å². The highest BCUT2D eigenvalue weighted by molar-refractivity contribution is 7.80. The minimum atomic E-state index is 0.487. The number of nitrogens with one attached hydrogen (secondary N) is 2. The largest absolute Gasteiger partial charge is 0.329 e. The molecular weight excluding hydrogens is 452 g/mol. The maximum atomic E-state index is 5.58. The van der Waals surface area contributed by atoms with Gasteiger partial charge in [0.15, 0.2) is 10.9 Å². The van der Waals surface area contributed by atoms with Crippen molar-refractivity contribution >= 4 is 39.6 Å². The van der Waals surface area contributed by atoms with Gasteiger partial charge in [0.1, 0.15) is 0 Å². The van der Waals surface area contributed by atoms with Crippen LogP contribution >= 0.6 is 12.2 Å². The zero-order valence-electron chi connectivity index (χ0n) is 20.1. The van der Waals surface area contributed by atoms with E-state index >= 15 is 0 Å². The van der Waals surface area contributed by atoms with Crippen LogP contribution in [0.1, 0.15) is 28.1 Å². The van der Waals surface area contributed by atoms with E-state index in [1.807, 2.05) is 28.6 Å². The fourth-order valence-corrected chi connectivity index (χ4v) is 4.49. The summed E-state index contributed by atoms with van der Waals surface area (Å²) in [6.07, 6.45) is 1.96. The van der Waals surface area contributed by atoms with E-state index < -0.39 is 0 Å². The Hall–Kier alpha value is -3.97. The third kappa shape index (κ3) is 5.10. The third-order valence-electron chi connectivity index (χ3n) is 6.17. The molecule has 0 fully saturated rings. The van der Waals surface area contributed by atoms with E-state index in [1.165, 1.54) is 27.5 Å². The summed E-state index contributed by atoms with van der Waals surface area (Å²) in [5, 5.41) is 18.9. The van der Waals surface area contributed by atoms with Crippen molar-refractivity contribution in [2.45, 2.75) is 33.9 Å². The van der Waals surface area contributed by atoms with Crippen molar-refractivity contribution in [2.24, 2.45) is 0 Å². The first-order chi connectivity index (χ1) is 17.0. The summed E-state index contributed by atoms with van der Waals surface area (Å²) in [5.74, 6) is 0.699. The van der Waals surface area contributed by atoms with Gasteiger partial charge in [-0.05, 0) is 54.9 Å². The van der Waals surface area contributed by atoms with Crippen molar-refractivity contribution in [3.05, 3.63) is 107 Å². The van der Waals surface area contributed by atoms with Gasteiger partial charge in [-0.15, -0.1) is 0 Å². The fourth-order valence-electron chi connectivity index (χ4n) is 4.28. The predicted octanol–water partition coefficient (Wildman–Crippen LogP) is 6.06. The Balaban J connectivity index is 1.25. The molecule has 0 aliphatic rings. The van der Waals surface area contributed by atoms with Crippen molar-refractivity contribution in [1.29, 1.82) is 0 Å². The molecule has 0 atom stereocenters. The summed E-state index contributed by atoms with van der Waals surface area (Å²) in [5.41, 5.74) is 6.55. The van der Waals surface area contributed by atoms with Crippen LogP contribution in [0.25, 0.3) is 10.8 Å². The van der Waals surface area contributed by atoms with Gasteiger partial charge in [0, 0.05) is 12.3 Å². The summed E-state index contributed by atoms with van der Waals surface area (Å²) >= 11 is 5.58. The standard InChI is InChI=1S/C28H28N6S/c1-19-11-13-22(14-12-19)17-34-21(3)27(20(2)31-34)30-28(35)29-26-15-16-33(32-26)18-24-9-6-8-23-7-4-5-10-25(23)24/h4-16H,17-18H2,1-3H3,(H2,29,30,32,35). The molecule has 0 amide bonds. The average molecular weight is 481 g/mol. The van der Waals surface area contributed by atoms with Crippen molar-refractivity contribution < 1.29 is 0 Å². The molecule has 0 bridgehead atoms. The van der Waals surface area contributed by atoms with Crippen LogP contribution < -0.4 is 10.6 Å². The predicted molar refractivity (Wildman–Crippen MR) is 147 cm³/mol. The summed E-state index contributed by atoms with van der Waals surface area (Å²) in [6.45, 7) is 7.54. The summed E-state index contributed by atoms with van der Waals surface area (Å²) in [7, 11) is 0. The smallest absolute Gasteiger partial charge is 0.176 e. The molecule has 3 aromatic carbocycles. The van der Waals surface area contributed by atoms with Crippen molar-refractivity contribution in [3.8, 4) is 0 Å². The first-order valence-corrected chi connectivity index (χ1v) is 12.0. The molecule has 2 heterocycles. The Labute approximate surface area is 210 Å². The van der Waals surface area contributed by atoms with Crippen LogP contribution in [0.15, 0.2) is 79.0 Å². The second kappa shape index (κ2) is 9.72. The number of anilines is 2. The lowest BCUT2D eigenvalue weighted by Gasteiger charge is -2.10. The van der Waals surface area contributed by atoms with Crippen LogP contribution in [0, 0.1) is 20.8 Å². The summed E-state index contributed by atoms with van der Waals surface area (Å²) < 4.78 is 3.92. The number of thiocarbonyl (C=S) groups is 1. The van der Waals surface area contributed by atoms with Gasteiger partial charge in [0.2, 0.25) is 0 Å². The molecule has 0 saturated heterocycles. The Bertz CT molecular complexity index is 1490. The fraction of sp³-hybridized carbons (Fsp3) is 0.179. The van der Waals surface area contributed by atoms with Crippen LogP contribution in [-0.2, 0) is 13.1 Å². The molecule has 2 N–H and O–H groups in total. The Morgan fingerprint density at radius 3 is 2.43 bits per heavy atom. The van der Waals surface area contributed by atoms with Crippen molar-refractivity contribution in [1.82, 2.24) is 19.6 Å². The number of hydrogen-bond acceptors (Lipinski definition) is 3. The van der Waals surface area contributed by atoms with Crippen molar-refractivity contribution in [3.63, 3.8) is 0 Å². The lowest BCUT2D eigenvalue weighted by atomic mass is 10.0. The number of aromatic nitrogens is 4. The first kappa shape index (κ1) is 22.8. The van der Waals surface area contributed by atoms with Crippen LogP contribution in [0.2, 0.25) is 0 Å². The van der Waals surface area contributed by atoms with Gasteiger partial charge < -0.3 is 10.6 Å². The third-order valence-corrected chi connectivity index (χ3v) is 6.37. The molecule has 5 rings (SSSR count). The van der Waals surface area contributed by atoms with E-state index in [1.54, 1.807) is 0 Å². The van der Waals surface area contributed by atoms with Gasteiger partial charge in [-0.1, -0.05) is 72.3 Å². The minimum Gasteiger partial charge on any atom is -0.329 e. The maximum absolute atomic E-state index is 5.58. The lowest BCUT2D eigenvalue weighted by Crippen LogP contribution is -2.20. The molecule has 5 aromatic rings. The van der Waals surface area contributed by atoms with Gasteiger partial charge in [-0.25, -0.2) is 0 Å². The Morgan fingerprint density at radius 1 is 0.829 bits per heavy atom. The molecule has 0 aliphatic carbocycles. The normalized spacial score (nSPS) is 11.1. The molecule has 176 valence electrons. The number of benzene rings is 3. The molecule has 0 spiro atoms. The number of rotatable bonds is 6. The van der Waals surface area contributed by atoms with E-state index in [-0.39, 0.29) is 0 Å². The number of hydrogen-bond donors (Lipinski definition) is 2. The maximum Gasteiger partial charge on any atom is 0.176 e. The number of fused-ring (bicyclic) bond motifs is 1. The van der Waals surface area contributed by atoms with Crippen LogP contribution in [0.4, 0.5) is 11.5 Å². The van der Waals surface area contributed by atoms with Crippen LogP contribution in [0.5, 0.6) is 0 Å². The highest BCUT2D eigenvalue weighted by Crippen LogP contribution is 2.22. The molecule has 0 saturated carbocycles. The highest BCUT2D eigenvalue weighted by atomic mass is 32.1. The van der Waals surface area contributed by atoms with Crippen LogP contribution in [0.3, 0.4) is 0 Å². The van der Waals surface area contributed by atoms with E-state index in [4.69, 9.17) is 17.3 Å². The highest BCUT2D eigenvalue weighted by Gasteiger charge is 2.14. The second-order valence-electron chi connectivity index (χ2n) is 8.81. The van der Waals surface area contributed by atoms with Crippen molar-refractivity contribution in [2.75, 3.05) is 10.6 Å². The lowest BCUT2D eigenvalue weighted by molar-refractivity contribution is 0.659. The van der Waals surface area contributed by atoms with E-state index in [0.29, 0.717) is 24.0 Å². The van der Waals surface area contributed by atoms with Gasteiger partial charge in [-0.3, -0.25) is 9.36 Å². The zero-order chi connectivity index (χ0) is 24.4. The Morgan fingerprint density at radius 2 is 1.60 bits per heavy atom. The molecule has 6 nitrogen and oxygen atoms in total. The van der Waals surface area contributed by atoms with Gasteiger partial charge in [0.25, 0.3) is 0 Å². The molecule has 0 radical (unpaired) electrons. The van der Waals surface area contributed by atoms with E-state index in [2.05, 4.69) is 96.3 Å². The average Bonchev–Trinajstić information content (AvgIpc) is 3.39. The molecule has 0 aliphatic heterocycles. The monoisotopic (exact) mass is 480 g/mol. The SMILES string of the molecule is Cc1ccc(Cn2nc(C)c(NC(=S)Nc3ccn(Cc4cccc5ccccc45)n3)c2C)cc1. The van der Waals surface area contributed by atoms with Crippen LogP contribution in [-0.4, -0.2) is 24.7 Å². The quantitative estimate of drug-likeness (QED) is 0.289. The van der Waals surface area contributed by atoms with Gasteiger partial charge in [-0.2, -0.15) is 10.2 Å². The molecule has 2 aromatic heterocycles. The minimum absolute atomic E-state index is 0.487. The molecule has 0 unspecified atom stereocenters. The number of aryl methyl sites for hydroxylation is 2. The first-order valence-electron chi connectivity index (χ1n) is 11.6. The van der Waals surface area contributed by atoms with E-state index in [0.717, 1.165) is 17.1 Å².